The van der Waals surface area contributed by atoms with E-state index in [1.165, 1.54) is 0 Å². The number of nitrogens with two attached hydrogens (primary N) is 1. The summed E-state index contributed by atoms with van der Waals surface area (Å²) in [4.78, 5) is 0. The number of ether oxygens (including phenoxy) is 3. The smallest absolute Gasteiger partial charge is 0.118 e. The van der Waals surface area contributed by atoms with E-state index in [1.807, 2.05) is 42.5 Å². The van der Waals surface area contributed by atoms with E-state index in [2.05, 4.69) is 0 Å². The highest BCUT2D eigenvalue weighted by atomic mass is 16.5. The summed E-state index contributed by atoms with van der Waals surface area (Å²) in [5.41, 5.74) is 6.87. The molecule has 1 aromatic rings. The molecule has 108 valence electrons. The highest BCUT2D eigenvalue weighted by molar-refractivity contribution is 5.34. The molecule has 0 aromatic heterocycles. The summed E-state index contributed by atoms with van der Waals surface area (Å²) < 4.78 is 16.1. The molecule has 20 heavy (non-hydrogen) atoms. The molecule has 4 heteroatoms. The third-order valence-corrected chi connectivity index (χ3v) is 3.77. The Morgan fingerprint density at radius 1 is 1.10 bits per heavy atom. The second-order valence-electron chi connectivity index (χ2n) is 4.76. The van der Waals surface area contributed by atoms with E-state index >= 15 is 0 Å². The van der Waals surface area contributed by atoms with E-state index in [0.29, 0.717) is 6.42 Å². The van der Waals surface area contributed by atoms with Crippen molar-refractivity contribution in [3.8, 4) is 5.75 Å². The van der Waals surface area contributed by atoms with E-state index in [-0.39, 0.29) is 6.04 Å². The first-order valence-corrected chi connectivity index (χ1v) is 6.53. The maximum atomic E-state index is 6.41. The van der Waals surface area contributed by atoms with Crippen LogP contribution in [-0.4, -0.2) is 26.9 Å². The maximum Gasteiger partial charge on any atom is 0.118 e. The summed E-state index contributed by atoms with van der Waals surface area (Å²) in [5, 5.41) is 0. The quantitative estimate of drug-likeness (QED) is 0.897. The standard InChI is InChI=1S/C16H21NO3/c1-18-13-6-4-12(5-7-13)15(17)16(20-3)10-8-14(19-2)9-11-16/h4-10,15H,11,17H2,1-3H3. The molecule has 0 spiro atoms. The Hall–Kier alpha value is -1.78. The summed E-state index contributed by atoms with van der Waals surface area (Å²) in [6.45, 7) is 0. The van der Waals surface area contributed by atoms with Crippen LogP contribution in [0.5, 0.6) is 5.75 Å². The van der Waals surface area contributed by atoms with Gasteiger partial charge in [-0.05, 0) is 35.9 Å². The van der Waals surface area contributed by atoms with Gasteiger partial charge in [-0.15, -0.1) is 0 Å². The van der Waals surface area contributed by atoms with Gasteiger partial charge in [0.25, 0.3) is 0 Å². The van der Waals surface area contributed by atoms with Gasteiger partial charge in [0.15, 0.2) is 0 Å². The maximum absolute atomic E-state index is 6.41. The van der Waals surface area contributed by atoms with Crippen LogP contribution in [-0.2, 0) is 9.47 Å². The minimum atomic E-state index is -0.545. The first-order chi connectivity index (χ1) is 9.65. The molecule has 1 aliphatic carbocycles. The van der Waals surface area contributed by atoms with Crippen LogP contribution in [0, 0.1) is 0 Å². The predicted molar refractivity (Wildman–Crippen MR) is 78.5 cm³/mol. The molecule has 4 nitrogen and oxygen atoms in total. The van der Waals surface area contributed by atoms with E-state index < -0.39 is 5.60 Å². The van der Waals surface area contributed by atoms with Gasteiger partial charge in [0, 0.05) is 13.5 Å². The number of hydrogen-bond donors (Lipinski definition) is 1. The highest BCUT2D eigenvalue weighted by Gasteiger charge is 2.36. The van der Waals surface area contributed by atoms with Gasteiger partial charge in [0.05, 0.1) is 20.3 Å². The largest absolute Gasteiger partial charge is 0.497 e. The molecule has 2 atom stereocenters. The zero-order chi connectivity index (χ0) is 14.6. The lowest BCUT2D eigenvalue weighted by Gasteiger charge is -2.36. The lowest BCUT2D eigenvalue weighted by molar-refractivity contribution is 0.00949. The molecule has 0 heterocycles. The van der Waals surface area contributed by atoms with Crippen molar-refractivity contribution < 1.29 is 14.2 Å². The van der Waals surface area contributed by atoms with Crippen LogP contribution in [0.15, 0.2) is 48.3 Å². The van der Waals surface area contributed by atoms with Gasteiger partial charge in [-0.2, -0.15) is 0 Å². The normalized spacial score (nSPS) is 23.1. The minimum absolute atomic E-state index is 0.260. The van der Waals surface area contributed by atoms with Gasteiger partial charge < -0.3 is 19.9 Å². The molecule has 0 saturated carbocycles. The van der Waals surface area contributed by atoms with Gasteiger partial charge in [-0.1, -0.05) is 12.1 Å². The van der Waals surface area contributed by atoms with Gasteiger partial charge in [-0.25, -0.2) is 0 Å². The van der Waals surface area contributed by atoms with Crippen LogP contribution in [0.25, 0.3) is 0 Å². The van der Waals surface area contributed by atoms with Crippen molar-refractivity contribution in [3.63, 3.8) is 0 Å². The van der Waals surface area contributed by atoms with E-state index in [1.54, 1.807) is 21.3 Å². The van der Waals surface area contributed by atoms with Crippen molar-refractivity contribution in [2.75, 3.05) is 21.3 Å². The van der Waals surface area contributed by atoms with Crippen LogP contribution in [0.4, 0.5) is 0 Å². The Labute approximate surface area is 119 Å². The molecule has 0 radical (unpaired) electrons. The van der Waals surface area contributed by atoms with Crippen molar-refractivity contribution in [1.29, 1.82) is 0 Å². The highest BCUT2D eigenvalue weighted by Crippen LogP contribution is 2.35. The molecule has 2 rings (SSSR count). The number of rotatable bonds is 5. The first kappa shape index (κ1) is 14.6. The fraction of sp³-hybridized carbons (Fsp3) is 0.375. The van der Waals surface area contributed by atoms with Crippen LogP contribution in [0.3, 0.4) is 0 Å². The van der Waals surface area contributed by atoms with Crippen molar-refractivity contribution in [2.45, 2.75) is 18.1 Å². The Balaban J connectivity index is 2.23. The molecule has 2 unspecified atom stereocenters. The number of hydrogen-bond acceptors (Lipinski definition) is 4. The van der Waals surface area contributed by atoms with Gasteiger partial charge >= 0.3 is 0 Å². The first-order valence-electron chi connectivity index (χ1n) is 6.53. The van der Waals surface area contributed by atoms with Crippen LogP contribution in [0.1, 0.15) is 18.0 Å². The number of allylic oxidation sites excluding steroid dienone is 1. The Morgan fingerprint density at radius 3 is 2.25 bits per heavy atom. The molecule has 1 aliphatic rings. The molecular formula is C16H21NO3. The van der Waals surface area contributed by atoms with Crippen molar-refractivity contribution >= 4 is 0 Å². The summed E-state index contributed by atoms with van der Waals surface area (Å²) in [6, 6.07) is 7.48. The second-order valence-corrected chi connectivity index (χ2v) is 4.76. The summed E-state index contributed by atoms with van der Waals surface area (Å²) in [5.74, 6) is 1.65. The number of methoxy groups -OCH3 is 3. The fourth-order valence-electron chi connectivity index (χ4n) is 2.37. The monoisotopic (exact) mass is 275 g/mol. The minimum Gasteiger partial charge on any atom is -0.497 e. The molecule has 0 amide bonds. The Morgan fingerprint density at radius 2 is 1.80 bits per heavy atom. The second kappa shape index (κ2) is 6.11. The third kappa shape index (κ3) is 2.71. The SMILES string of the molecule is COC1=CCC(OC)(C(N)c2ccc(OC)cc2)C=C1. The van der Waals surface area contributed by atoms with E-state index in [0.717, 1.165) is 17.1 Å². The van der Waals surface area contributed by atoms with Crippen molar-refractivity contribution in [3.05, 3.63) is 53.8 Å². The summed E-state index contributed by atoms with van der Waals surface area (Å²) in [6.07, 6.45) is 6.54. The molecule has 0 aliphatic heterocycles. The number of benzene rings is 1. The third-order valence-electron chi connectivity index (χ3n) is 3.77. The lowest BCUT2D eigenvalue weighted by Crippen LogP contribution is -2.42. The van der Waals surface area contributed by atoms with Crippen molar-refractivity contribution in [1.82, 2.24) is 0 Å². The fourth-order valence-corrected chi connectivity index (χ4v) is 2.37. The Kier molecular flexibility index (Phi) is 4.47. The van der Waals surface area contributed by atoms with Gasteiger partial charge in [0.1, 0.15) is 17.1 Å². The summed E-state index contributed by atoms with van der Waals surface area (Å²) in [7, 11) is 4.98. The molecular weight excluding hydrogens is 254 g/mol. The zero-order valence-electron chi connectivity index (χ0n) is 12.1. The van der Waals surface area contributed by atoms with Crippen LogP contribution < -0.4 is 10.5 Å². The van der Waals surface area contributed by atoms with Crippen LogP contribution >= 0.6 is 0 Å². The molecule has 0 bridgehead atoms. The molecule has 0 fully saturated rings. The molecule has 0 saturated heterocycles. The average Bonchev–Trinajstić information content (AvgIpc) is 2.54. The topological polar surface area (TPSA) is 53.7 Å². The van der Waals surface area contributed by atoms with E-state index in [9.17, 15) is 0 Å². The average molecular weight is 275 g/mol. The summed E-state index contributed by atoms with van der Waals surface area (Å²) >= 11 is 0. The molecule has 1 aromatic carbocycles. The molecule has 2 N–H and O–H groups in total. The van der Waals surface area contributed by atoms with Crippen LogP contribution in [0.2, 0.25) is 0 Å². The Bertz CT molecular complexity index is 507. The zero-order valence-corrected chi connectivity index (χ0v) is 12.1. The van der Waals surface area contributed by atoms with Gasteiger partial charge in [0.2, 0.25) is 0 Å². The lowest BCUT2D eigenvalue weighted by atomic mass is 9.83. The van der Waals surface area contributed by atoms with Gasteiger partial charge in [-0.3, -0.25) is 0 Å². The predicted octanol–water partition coefficient (Wildman–Crippen LogP) is 2.57. The van der Waals surface area contributed by atoms with E-state index in [4.69, 9.17) is 19.9 Å². The van der Waals surface area contributed by atoms with Crippen molar-refractivity contribution in [2.24, 2.45) is 5.73 Å².